The number of carboxylic acids is 2. The fourth-order valence-corrected chi connectivity index (χ4v) is 11.3. The van der Waals surface area contributed by atoms with E-state index >= 15 is 0 Å². The molecule has 2 unspecified atom stereocenters. The van der Waals surface area contributed by atoms with Crippen LogP contribution >= 0.6 is 0 Å². The second-order valence-corrected chi connectivity index (χ2v) is 21.9. The Morgan fingerprint density at radius 3 is 1.14 bits per heavy atom. The van der Waals surface area contributed by atoms with E-state index in [9.17, 15) is 38.2 Å². The van der Waals surface area contributed by atoms with E-state index in [0.717, 1.165) is 46.4 Å². The maximum atomic E-state index is 13.3. The average Bonchev–Trinajstić information content (AvgIpc) is 1.63. The van der Waals surface area contributed by atoms with Gasteiger partial charge < -0.3 is 49.0 Å². The van der Waals surface area contributed by atoms with Gasteiger partial charge >= 0.3 is 35.5 Å². The number of hydrogen-bond acceptors (Lipinski definition) is 10. The zero-order valence-electron chi connectivity index (χ0n) is 50.7. The number of benzene rings is 10. The Labute approximate surface area is 553 Å². The first-order valence-electron chi connectivity index (χ1n) is 30.1. The van der Waals surface area contributed by atoms with Crippen LogP contribution in [0, 0.1) is 11.6 Å². The van der Waals surface area contributed by atoms with Crippen LogP contribution in [0.15, 0.2) is 243 Å². The number of halogens is 2. The number of hydrogen-bond donors (Lipinski definition) is 3. The van der Waals surface area contributed by atoms with Gasteiger partial charge in [-0.25, -0.2) is 13.6 Å². The molecule has 3 N–H and O–H groups in total. The molecule has 458 valence electrons. The van der Waals surface area contributed by atoms with Gasteiger partial charge in [0.15, 0.2) is 11.6 Å². The minimum Gasteiger partial charge on any atom is -0.548 e. The minimum absolute atomic E-state index is 0. The van der Waals surface area contributed by atoms with Crippen molar-refractivity contribution in [3.05, 3.63) is 288 Å². The maximum Gasteiger partial charge on any atom is 1.00 e. The summed E-state index contributed by atoms with van der Waals surface area (Å²) in [7, 11) is 0. The third kappa shape index (κ3) is 16.0. The molecule has 10 aromatic carbocycles. The third-order valence-electron chi connectivity index (χ3n) is 15.9. The first kappa shape index (κ1) is 65.1. The van der Waals surface area contributed by atoms with Crippen LogP contribution in [-0.2, 0) is 40.3 Å². The molecule has 0 radical (unpaired) electrons. The van der Waals surface area contributed by atoms with Gasteiger partial charge in [-0.15, -0.1) is 0 Å². The van der Waals surface area contributed by atoms with Crippen LogP contribution in [0.3, 0.4) is 0 Å². The number of nitrogens with zero attached hydrogens (tertiary/aromatic N) is 2. The van der Waals surface area contributed by atoms with Crippen LogP contribution in [0.1, 0.15) is 55.8 Å². The topological polar surface area (TPSA) is 173 Å². The Morgan fingerprint density at radius 2 is 0.793 bits per heavy atom. The van der Waals surface area contributed by atoms with Gasteiger partial charge in [-0.2, -0.15) is 0 Å². The molecule has 92 heavy (non-hydrogen) atoms. The van der Waals surface area contributed by atoms with Crippen LogP contribution in [0.4, 0.5) is 20.2 Å². The van der Waals surface area contributed by atoms with Crippen LogP contribution in [0.5, 0.6) is 11.5 Å². The molecule has 3 heterocycles. The van der Waals surface area contributed by atoms with Gasteiger partial charge in [0, 0.05) is 96.9 Å². The standard InChI is InChI=1S/2C36H29FN2O4.C4H8O.Na/c2*37-26-17-15-25(16-18-26)35(40)30-9-1-4-10-31(30)38-32(36(41)42)23-24-13-19-27(20-14-24)43-22-21-39-33-11-5-2-7-28(33)29-8-3-6-12-34(29)39;1-2-4-5-3-1;/h2*1-20,32,38H,21-23H2,(H,41,42);1-4H2;/q;;;+1/p-1. The van der Waals surface area contributed by atoms with Crippen LogP contribution < -0.4 is 54.8 Å². The molecule has 0 spiro atoms. The molecule has 2 aromatic heterocycles. The fourth-order valence-electron chi connectivity index (χ4n) is 11.3. The smallest absolute Gasteiger partial charge is 0.548 e. The summed E-state index contributed by atoms with van der Waals surface area (Å²) < 4.78 is 48.3. The van der Waals surface area contributed by atoms with Crippen molar-refractivity contribution in [2.45, 2.75) is 50.9 Å². The van der Waals surface area contributed by atoms with E-state index in [0.29, 0.717) is 65.9 Å². The largest absolute Gasteiger partial charge is 1.00 e. The summed E-state index contributed by atoms with van der Waals surface area (Å²) in [6.45, 7) is 4.28. The molecule has 0 bridgehead atoms. The summed E-state index contributed by atoms with van der Waals surface area (Å²) in [6.07, 6.45) is 2.87. The number of ketones is 2. The fraction of sp³-hybridized carbons (Fsp3) is 0.158. The van der Waals surface area contributed by atoms with Gasteiger partial charge in [0.25, 0.3) is 0 Å². The molecule has 1 saturated heterocycles. The summed E-state index contributed by atoms with van der Waals surface area (Å²) in [6, 6.07) is 69.8. The predicted octanol–water partition coefficient (Wildman–Crippen LogP) is 11.2. The number of para-hydroxylation sites is 6. The summed E-state index contributed by atoms with van der Waals surface area (Å²) in [5.74, 6) is -2.52. The maximum absolute atomic E-state index is 13.3. The van der Waals surface area contributed by atoms with Crippen molar-refractivity contribution >= 4 is 78.5 Å². The summed E-state index contributed by atoms with van der Waals surface area (Å²) in [4.78, 5) is 50.4. The van der Waals surface area contributed by atoms with Crippen LogP contribution in [-0.4, -0.2) is 76.3 Å². The number of carboxylic acid groups (broad SMARTS) is 2. The molecule has 2 atom stereocenters. The van der Waals surface area contributed by atoms with Crippen LogP contribution in [0.2, 0.25) is 0 Å². The minimum atomic E-state index is -1.30. The molecular weight excluding hydrogens is 1170 g/mol. The Hall–Kier alpha value is -9.90. The van der Waals surface area contributed by atoms with Gasteiger partial charge in [0.2, 0.25) is 0 Å². The molecule has 16 heteroatoms. The zero-order valence-corrected chi connectivity index (χ0v) is 52.7. The molecule has 0 amide bonds. The van der Waals surface area contributed by atoms with Crippen molar-refractivity contribution in [2.24, 2.45) is 0 Å². The number of aromatic nitrogens is 2. The van der Waals surface area contributed by atoms with Crippen molar-refractivity contribution in [1.29, 1.82) is 0 Å². The third-order valence-corrected chi connectivity index (χ3v) is 15.9. The first-order valence-corrected chi connectivity index (χ1v) is 30.1. The van der Waals surface area contributed by atoms with Gasteiger partial charge in [-0.3, -0.25) is 9.59 Å². The average molecular weight is 1240 g/mol. The number of carbonyl (C=O) groups is 4. The van der Waals surface area contributed by atoms with Gasteiger partial charge in [-0.1, -0.05) is 121 Å². The second kappa shape index (κ2) is 31.2. The van der Waals surface area contributed by atoms with Crippen molar-refractivity contribution in [2.75, 3.05) is 37.1 Å². The summed E-state index contributed by atoms with van der Waals surface area (Å²) >= 11 is 0. The van der Waals surface area contributed by atoms with E-state index in [1.807, 2.05) is 97.1 Å². The normalized spacial score (nSPS) is 12.4. The number of fused-ring (bicyclic) bond motifs is 6. The first-order chi connectivity index (χ1) is 44.4. The Balaban J connectivity index is 0.000000185. The van der Waals surface area contributed by atoms with Crippen molar-refractivity contribution in [3.8, 4) is 11.5 Å². The number of aliphatic carboxylic acids is 2. The van der Waals surface area contributed by atoms with Gasteiger partial charge in [0.1, 0.15) is 42.4 Å². The van der Waals surface area contributed by atoms with Gasteiger partial charge in [-0.05, 0) is 152 Å². The van der Waals surface area contributed by atoms with E-state index in [1.54, 1.807) is 48.5 Å². The molecule has 13 rings (SSSR count). The Kier molecular flexibility index (Phi) is 22.1. The Bertz CT molecular complexity index is 4100. The summed E-state index contributed by atoms with van der Waals surface area (Å²) in [5.41, 5.74) is 8.17. The molecule has 0 aliphatic carbocycles. The molecule has 13 nitrogen and oxygen atoms in total. The number of anilines is 2. The molecule has 0 saturated carbocycles. The zero-order chi connectivity index (χ0) is 63.1. The van der Waals surface area contributed by atoms with E-state index in [4.69, 9.17) is 14.2 Å². The Morgan fingerprint density at radius 1 is 0.457 bits per heavy atom. The van der Waals surface area contributed by atoms with Gasteiger partial charge in [0.05, 0.1) is 25.1 Å². The van der Waals surface area contributed by atoms with E-state index < -0.39 is 35.7 Å². The molecule has 1 fully saturated rings. The number of nitrogens with one attached hydrogen (secondary N) is 2. The van der Waals surface area contributed by atoms with E-state index in [-0.39, 0.29) is 59.5 Å². The quantitative estimate of drug-likeness (QED) is 0.0435. The number of rotatable bonds is 22. The van der Waals surface area contributed by atoms with E-state index in [2.05, 4.69) is 68.3 Å². The molecule has 1 aliphatic rings. The monoisotopic (exact) mass is 1240 g/mol. The van der Waals surface area contributed by atoms with Crippen molar-refractivity contribution in [3.63, 3.8) is 0 Å². The number of ether oxygens (including phenoxy) is 3. The van der Waals surface area contributed by atoms with Crippen LogP contribution in [0.25, 0.3) is 43.6 Å². The van der Waals surface area contributed by atoms with Crippen molar-refractivity contribution in [1.82, 2.24) is 9.13 Å². The molecule has 12 aromatic rings. The molecular formula is C76H65F2N4NaO9. The van der Waals surface area contributed by atoms with E-state index in [1.165, 1.54) is 82.9 Å². The SMILES string of the molecule is C1CCOC1.O=C(c1ccc(F)cc1)c1ccccc1NC(Cc1ccc(OCCn2c3ccccc3c3ccccc32)cc1)C(=O)O.O=C(c1ccc(F)cc1)c1ccccc1NC(Cc1ccc(OCCn2c3ccccc3c3ccccc32)cc1)C(=O)[O-].[Na+]. The van der Waals surface area contributed by atoms with Crippen molar-refractivity contribution < 1.29 is 81.9 Å². The molecule has 1 aliphatic heterocycles. The summed E-state index contributed by atoms with van der Waals surface area (Å²) in [5, 5.41) is 32.9. The second-order valence-electron chi connectivity index (χ2n) is 21.9. The predicted molar refractivity (Wildman–Crippen MR) is 350 cm³/mol. The number of carbonyl (C=O) groups excluding carboxylic acids is 3.